The van der Waals surface area contributed by atoms with Crippen molar-refractivity contribution in [2.75, 3.05) is 11.9 Å². The highest BCUT2D eigenvalue weighted by Crippen LogP contribution is 2.30. The fraction of sp³-hybridized carbons (Fsp3) is 0.250. The van der Waals surface area contributed by atoms with Gasteiger partial charge in [-0.05, 0) is 77.7 Å². The van der Waals surface area contributed by atoms with Crippen LogP contribution in [0.3, 0.4) is 0 Å². The van der Waals surface area contributed by atoms with E-state index < -0.39 is 5.97 Å². The average molecular weight is 427 g/mol. The minimum atomic E-state index is -0.419. The second-order valence-electron chi connectivity index (χ2n) is 5.04. The minimum Gasteiger partial charge on any atom is -0.451 e. The molecule has 1 N–H and O–H groups in total. The number of amides is 1. The standard InChI is InChI=1S/C16H14INO3S/c17-11-4-6-12(7-5-11)18-15(19)9-21-16(20)14-8-10-2-1-3-13(10)22-14/h4-8H,1-3,9H2,(H,18,19). The van der Waals surface area contributed by atoms with Crippen LogP contribution in [0.2, 0.25) is 0 Å². The second-order valence-corrected chi connectivity index (χ2v) is 7.43. The van der Waals surface area contributed by atoms with Gasteiger partial charge >= 0.3 is 5.97 Å². The van der Waals surface area contributed by atoms with Crippen molar-refractivity contribution in [2.24, 2.45) is 0 Å². The van der Waals surface area contributed by atoms with Gasteiger partial charge in [0, 0.05) is 14.1 Å². The molecule has 114 valence electrons. The van der Waals surface area contributed by atoms with E-state index in [2.05, 4.69) is 27.9 Å². The molecule has 6 heteroatoms. The molecule has 2 aromatic rings. The lowest BCUT2D eigenvalue weighted by molar-refractivity contribution is -0.119. The number of aryl methyl sites for hydroxylation is 2. The maximum absolute atomic E-state index is 12.0. The van der Waals surface area contributed by atoms with Crippen LogP contribution < -0.4 is 5.32 Å². The third-order valence-electron chi connectivity index (χ3n) is 3.41. The first-order valence-corrected chi connectivity index (χ1v) is 8.85. The summed E-state index contributed by atoms with van der Waals surface area (Å²) in [5, 5.41) is 2.70. The van der Waals surface area contributed by atoms with Crippen molar-refractivity contribution in [3.63, 3.8) is 0 Å². The number of thiophene rings is 1. The number of hydrogen-bond donors (Lipinski definition) is 1. The summed E-state index contributed by atoms with van der Waals surface area (Å²) in [6.07, 6.45) is 3.24. The maximum Gasteiger partial charge on any atom is 0.348 e. The third-order valence-corrected chi connectivity index (χ3v) is 5.35. The molecule has 1 aliphatic rings. The van der Waals surface area contributed by atoms with E-state index in [9.17, 15) is 9.59 Å². The Balaban J connectivity index is 1.51. The summed E-state index contributed by atoms with van der Waals surface area (Å²) >= 11 is 3.67. The molecule has 1 amide bonds. The predicted molar refractivity (Wildman–Crippen MR) is 94.4 cm³/mol. The maximum atomic E-state index is 12.0. The fourth-order valence-electron chi connectivity index (χ4n) is 2.36. The topological polar surface area (TPSA) is 55.4 Å². The van der Waals surface area contributed by atoms with E-state index in [1.807, 2.05) is 30.3 Å². The molecule has 1 aromatic carbocycles. The summed E-state index contributed by atoms with van der Waals surface area (Å²) in [6, 6.07) is 9.31. The molecule has 0 radical (unpaired) electrons. The Kier molecular flexibility index (Phi) is 4.77. The zero-order valence-electron chi connectivity index (χ0n) is 11.7. The Morgan fingerprint density at radius 1 is 1.23 bits per heavy atom. The molecular formula is C16H14INO3S. The second kappa shape index (κ2) is 6.78. The highest BCUT2D eigenvalue weighted by Gasteiger charge is 2.19. The number of nitrogens with one attached hydrogen (secondary N) is 1. The normalized spacial score (nSPS) is 12.8. The van der Waals surface area contributed by atoms with Gasteiger partial charge in [-0.25, -0.2) is 4.79 Å². The molecule has 1 aromatic heterocycles. The predicted octanol–water partition coefficient (Wildman–Crippen LogP) is 3.64. The molecule has 1 heterocycles. The fourth-order valence-corrected chi connectivity index (χ4v) is 3.87. The van der Waals surface area contributed by atoms with Crippen molar-refractivity contribution < 1.29 is 14.3 Å². The van der Waals surface area contributed by atoms with Crippen molar-refractivity contribution in [3.05, 3.63) is 49.2 Å². The first-order chi connectivity index (χ1) is 10.6. The van der Waals surface area contributed by atoms with Crippen molar-refractivity contribution in [2.45, 2.75) is 19.3 Å². The summed E-state index contributed by atoms with van der Waals surface area (Å²) in [6.45, 7) is -0.270. The van der Waals surface area contributed by atoms with E-state index in [0.29, 0.717) is 10.6 Å². The number of benzene rings is 1. The summed E-state index contributed by atoms with van der Waals surface area (Å²) in [5.41, 5.74) is 1.94. The molecular weight excluding hydrogens is 413 g/mol. The van der Waals surface area contributed by atoms with Gasteiger partial charge in [-0.3, -0.25) is 4.79 Å². The molecule has 0 unspecified atom stereocenters. The van der Waals surface area contributed by atoms with E-state index in [0.717, 1.165) is 22.8 Å². The van der Waals surface area contributed by atoms with Crippen LogP contribution in [-0.2, 0) is 22.4 Å². The Bertz CT molecular complexity index is 687. The van der Waals surface area contributed by atoms with Gasteiger partial charge in [0.2, 0.25) is 0 Å². The summed E-state index contributed by atoms with van der Waals surface area (Å²) in [5.74, 6) is -0.754. The van der Waals surface area contributed by atoms with Gasteiger partial charge in [-0.15, -0.1) is 11.3 Å². The molecule has 22 heavy (non-hydrogen) atoms. The lowest BCUT2D eigenvalue weighted by Gasteiger charge is -2.06. The first-order valence-electron chi connectivity index (χ1n) is 6.96. The van der Waals surface area contributed by atoms with Gasteiger partial charge in [-0.1, -0.05) is 0 Å². The van der Waals surface area contributed by atoms with Gasteiger partial charge in [0.1, 0.15) is 4.88 Å². The third kappa shape index (κ3) is 3.67. The minimum absolute atomic E-state index is 0.270. The van der Waals surface area contributed by atoms with Crippen LogP contribution in [0.15, 0.2) is 30.3 Å². The van der Waals surface area contributed by atoms with Crippen LogP contribution in [0.25, 0.3) is 0 Å². The smallest absolute Gasteiger partial charge is 0.348 e. The molecule has 4 nitrogen and oxygen atoms in total. The van der Waals surface area contributed by atoms with E-state index >= 15 is 0 Å². The zero-order valence-corrected chi connectivity index (χ0v) is 14.7. The summed E-state index contributed by atoms with van der Waals surface area (Å²) < 4.78 is 6.17. The molecule has 0 atom stereocenters. The Morgan fingerprint density at radius 2 is 2.00 bits per heavy atom. The van der Waals surface area contributed by atoms with Gasteiger partial charge in [0.05, 0.1) is 0 Å². The molecule has 0 saturated carbocycles. The van der Waals surface area contributed by atoms with Crippen LogP contribution in [0.4, 0.5) is 5.69 Å². The van der Waals surface area contributed by atoms with E-state index in [1.54, 1.807) is 0 Å². The van der Waals surface area contributed by atoms with E-state index in [-0.39, 0.29) is 12.5 Å². The Morgan fingerprint density at radius 3 is 2.73 bits per heavy atom. The number of anilines is 1. The van der Waals surface area contributed by atoms with Crippen LogP contribution in [0.5, 0.6) is 0 Å². The van der Waals surface area contributed by atoms with Gasteiger partial charge < -0.3 is 10.1 Å². The largest absolute Gasteiger partial charge is 0.451 e. The SMILES string of the molecule is O=C(COC(=O)c1cc2c(s1)CCC2)Nc1ccc(I)cc1. The van der Waals surface area contributed by atoms with Gasteiger partial charge in [-0.2, -0.15) is 0 Å². The highest BCUT2D eigenvalue weighted by molar-refractivity contribution is 14.1. The molecule has 1 aliphatic carbocycles. The van der Waals surface area contributed by atoms with E-state index in [4.69, 9.17) is 4.74 Å². The van der Waals surface area contributed by atoms with Crippen molar-refractivity contribution in [1.29, 1.82) is 0 Å². The summed E-state index contributed by atoms with van der Waals surface area (Å²) in [7, 11) is 0. The Labute approximate surface area is 146 Å². The van der Waals surface area contributed by atoms with Crippen LogP contribution in [0.1, 0.15) is 26.5 Å². The monoisotopic (exact) mass is 427 g/mol. The number of ether oxygens (including phenoxy) is 1. The number of fused-ring (bicyclic) bond motifs is 1. The molecule has 3 rings (SSSR count). The number of hydrogen-bond acceptors (Lipinski definition) is 4. The Hall–Kier alpha value is -1.41. The number of esters is 1. The zero-order chi connectivity index (χ0) is 15.5. The number of carbonyl (C=O) groups excluding carboxylic acids is 2. The number of rotatable bonds is 4. The molecule has 0 saturated heterocycles. The first kappa shape index (κ1) is 15.5. The quantitative estimate of drug-likeness (QED) is 0.599. The van der Waals surface area contributed by atoms with Crippen molar-refractivity contribution >= 4 is 51.5 Å². The number of carbonyl (C=O) groups is 2. The van der Waals surface area contributed by atoms with Gasteiger partial charge in [0.25, 0.3) is 5.91 Å². The highest BCUT2D eigenvalue weighted by atomic mass is 127. The molecule has 0 bridgehead atoms. The van der Waals surface area contributed by atoms with Crippen LogP contribution in [-0.4, -0.2) is 18.5 Å². The van der Waals surface area contributed by atoms with Crippen LogP contribution in [0, 0.1) is 3.57 Å². The lowest BCUT2D eigenvalue weighted by atomic mass is 10.2. The summed E-state index contributed by atoms with van der Waals surface area (Å²) in [4.78, 5) is 25.6. The molecule has 0 aliphatic heterocycles. The van der Waals surface area contributed by atoms with Gasteiger partial charge in [0.15, 0.2) is 6.61 Å². The molecule has 0 fully saturated rings. The lowest BCUT2D eigenvalue weighted by Crippen LogP contribution is -2.20. The van der Waals surface area contributed by atoms with Crippen molar-refractivity contribution in [3.8, 4) is 0 Å². The number of halogens is 1. The van der Waals surface area contributed by atoms with E-state index in [1.165, 1.54) is 21.8 Å². The van der Waals surface area contributed by atoms with Crippen molar-refractivity contribution in [1.82, 2.24) is 0 Å². The molecule has 0 spiro atoms. The van der Waals surface area contributed by atoms with Crippen LogP contribution >= 0.6 is 33.9 Å². The average Bonchev–Trinajstić information content (AvgIpc) is 3.08.